The van der Waals surface area contributed by atoms with Crippen molar-refractivity contribution in [3.05, 3.63) is 17.2 Å². The molecule has 126 valence electrons. The molecule has 0 atom stereocenters. The zero-order valence-corrected chi connectivity index (χ0v) is 15.4. The molecule has 5 nitrogen and oxygen atoms in total. The number of amides is 1. The number of thioether (sulfide) groups is 1. The molecule has 1 aromatic rings. The standard InChI is InChI=1S/C15H19ClN2O3S2/c1-3-18(4-2)15(22)23-9-14(19)17-11-8-13-12(7-10(11)16)20-5-6-21-13/h7-8H,3-6,9H2,1-2H3,(H,17,19). The molecule has 0 saturated carbocycles. The van der Waals surface area contributed by atoms with Gasteiger partial charge < -0.3 is 19.7 Å². The Balaban J connectivity index is 1.94. The summed E-state index contributed by atoms with van der Waals surface area (Å²) in [4.78, 5) is 14.1. The van der Waals surface area contributed by atoms with Crippen LogP contribution >= 0.6 is 35.6 Å². The molecule has 23 heavy (non-hydrogen) atoms. The van der Waals surface area contributed by atoms with Crippen LogP contribution < -0.4 is 14.8 Å². The van der Waals surface area contributed by atoms with Crippen LogP contribution in [0, 0.1) is 0 Å². The fraction of sp³-hybridized carbons (Fsp3) is 0.467. The van der Waals surface area contributed by atoms with Crippen LogP contribution in [0.5, 0.6) is 11.5 Å². The predicted octanol–water partition coefficient (Wildman–Crippen LogP) is 3.41. The Morgan fingerprint density at radius 3 is 2.52 bits per heavy atom. The average molecular weight is 375 g/mol. The smallest absolute Gasteiger partial charge is 0.234 e. The molecule has 0 radical (unpaired) electrons. The van der Waals surface area contributed by atoms with E-state index >= 15 is 0 Å². The van der Waals surface area contributed by atoms with Crippen molar-refractivity contribution in [1.82, 2.24) is 4.90 Å². The van der Waals surface area contributed by atoms with Crippen LogP contribution in [0.25, 0.3) is 0 Å². The Labute approximate surface area is 150 Å². The van der Waals surface area contributed by atoms with Crippen LogP contribution in [-0.2, 0) is 4.79 Å². The molecule has 0 saturated heterocycles. The summed E-state index contributed by atoms with van der Waals surface area (Å²) in [7, 11) is 0. The number of carbonyl (C=O) groups excluding carboxylic acids is 1. The van der Waals surface area contributed by atoms with Crippen molar-refractivity contribution in [1.29, 1.82) is 0 Å². The highest BCUT2D eigenvalue weighted by Gasteiger charge is 2.17. The van der Waals surface area contributed by atoms with E-state index in [1.165, 1.54) is 11.8 Å². The monoisotopic (exact) mass is 374 g/mol. The molecule has 8 heteroatoms. The highest BCUT2D eigenvalue weighted by molar-refractivity contribution is 8.23. The Hall–Kier alpha value is -1.18. The summed E-state index contributed by atoms with van der Waals surface area (Å²) >= 11 is 12.8. The number of nitrogens with one attached hydrogen (secondary N) is 1. The van der Waals surface area contributed by atoms with Gasteiger partial charge in [-0.1, -0.05) is 35.6 Å². The van der Waals surface area contributed by atoms with Crippen LogP contribution in [-0.4, -0.2) is 47.2 Å². The lowest BCUT2D eigenvalue weighted by atomic mass is 10.2. The van der Waals surface area contributed by atoms with Gasteiger partial charge in [0.05, 0.1) is 16.5 Å². The maximum Gasteiger partial charge on any atom is 0.234 e. The highest BCUT2D eigenvalue weighted by Crippen LogP contribution is 2.37. The van der Waals surface area contributed by atoms with Gasteiger partial charge in [-0.25, -0.2) is 0 Å². The van der Waals surface area contributed by atoms with Gasteiger partial charge in [0.25, 0.3) is 0 Å². The summed E-state index contributed by atoms with van der Waals surface area (Å²) in [6.07, 6.45) is 0. The largest absolute Gasteiger partial charge is 0.486 e. The Kier molecular flexibility index (Phi) is 6.80. The number of thiocarbonyl (C=S) groups is 1. The molecular weight excluding hydrogens is 356 g/mol. The number of fused-ring (bicyclic) bond motifs is 1. The third-order valence-electron chi connectivity index (χ3n) is 3.25. The lowest BCUT2D eigenvalue weighted by molar-refractivity contribution is -0.113. The molecule has 0 aliphatic carbocycles. The zero-order chi connectivity index (χ0) is 16.8. The molecule has 1 heterocycles. The van der Waals surface area contributed by atoms with E-state index in [-0.39, 0.29) is 11.7 Å². The molecule has 1 N–H and O–H groups in total. The molecular formula is C15H19ClN2O3S2. The van der Waals surface area contributed by atoms with Gasteiger partial charge in [-0.05, 0) is 13.8 Å². The van der Waals surface area contributed by atoms with Crippen LogP contribution in [0.15, 0.2) is 12.1 Å². The van der Waals surface area contributed by atoms with E-state index in [0.717, 1.165) is 17.4 Å². The first-order valence-corrected chi connectivity index (χ1v) is 9.13. The van der Waals surface area contributed by atoms with Crippen molar-refractivity contribution in [2.75, 3.05) is 37.4 Å². The molecule has 1 aliphatic heterocycles. The molecule has 0 spiro atoms. The van der Waals surface area contributed by atoms with Gasteiger partial charge in [0.1, 0.15) is 17.5 Å². The van der Waals surface area contributed by atoms with E-state index in [1.54, 1.807) is 12.1 Å². The number of ether oxygens (including phenoxy) is 2. The summed E-state index contributed by atoms with van der Waals surface area (Å²) in [6.45, 7) is 6.71. The Morgan fingerprint density at radius 1 is 1.30 bits per heavy atom. The zero-order valence-electron chi connectivity index (χ0n) is 13.1. The summed E-state index contributed by atoms with van der Waals surface area (Å²) < 4.78 is 11.7. The topological polar surface area (TPSA) is 50.8 Å². The van der Waals surface area contributed by atoms with Crippen molar-refractivity contribution in [3.63, 3.8) is 0 Å². The fourth-order valence-corrected chi connectivity index (χ4v) is 3.45. The van der Waals surface area contributed by atoms with Gasteiger partial charge in [0, 0.05) is 25.2 Å². The maximum absolute atomic E-state index is 12.1. The van der Waals surface area contributed by atoms with Crippen molar-refractivity contribution in [2.45, 2.75) is 13.8 Å². The minimum Gasteiger partial charge on any atom is -0.486 e. The third kappa shape index (κ3) is 4.89. The normalized spacial score (nSPS) is 12.7. The maximum atomic E-state index is 12.1. The lowest BCUT2D eigenvalue weighted by Crippen LogP contribution is -2.28. The number of nitrogens with zero attached hydrogens (tertiary/aromatic N) is 1. The summed E-state index contributed by atoms with van der Waals surface area (Å²) in [5, 5.41) is 3.20. The molecule has 0 unspecified atom stereocenters. The number of anilines is 1. The molecule has 0 aromatic heterocycles. The van der Waals surface area contributed by atoms with Crippen molar-refractivity contribution in [2.24, 2.45) is 0 Å². The van der Waals surface area contributed by atoms with E-state index in [0.29, 0.717) is 35.4 Å². The van der Waals surface area contributed by atoms with Crippen LogP contribution in [0.1, 0.15) is 13.8 Å². The molecule has 2 rings (SSSR count). The molecule has 1 aliphatic rings. The molecule has 0 fully saturated rings. The first kappa shape index (κ1) is 18.2. The van der Waals surface area contributed by atoms with E-state index < -0.39 is 0 Å². The number of rotatable bonds is 5. The van der Waals surface area contributed by atoms with Gasteiger partial charge in [0.2, 0.25) is 5.91 Å². The van der Waals surface area contributed by atoms with Crippen molar-refractivity contribution < 1.29 is 14.3 Å². The molecule has 1 amide bonds. The number of hydrogen-bond donors (Lipinski definition) is 1. The second-order valence-electron chi connectivity index (χ2n) is 4.75. The van der Waals surface area contributed by atoms with E-state index in [9.17, 15) is 4.79 Å². The van der Waals surface area contributed by atoms with Gasteiger partial charge in [0.15, 0.2) is 11.5 Å². The van der Waals surface area contributed by atoms with Gasteiger partial charge in [-0.2, -0.15) is 0 Å². The summed E-state index contributed by atoms with van der Waals surface area (Å²) in [5.74, 6) is 1.25. The lowest BCUT2D eigenvalue weighted by Gasteiger charge is -2.21. The van der Waals surface area contributed by atoms with Crippen LogP contribution in [0.3, 0.4) is 0 Å². The fourth-order valence-electron chi connectivity index (χ4n) is 2.05. The quantitative estimate of drug-likeness (QED) is 0.797. The number of benzene rings is 1. The minimum absolute atomic E-state index is 0.164. The number of hydrogen-bond acceptors (Lipinski definition) is 5. The SMILES string of the molecule is CCN(CC)C(=S)SCC(=O)Nc1cc2c(cc1Cl)OCCO2. The summed E-state index contributed by atoms with van der Waals surface area (Å²) in [5.41, 5.74) is 0.510. The highest BCUT2D eigenvalue weighted by atomic mass is 35.5. The van der Waals surface area contributed by atoms with Crippen molar-refractivity contribution in [3.8, 4) is 11.5 Å². The first-order chi connectivity index (χ1) is 11.0. The Morgan fingerprint density at radius 2 is 1.91 bits per heavy atom. The average Bonchev–Trinajstić information content (AvgIpc) is 2.55. The molecule has 1 aromatic carbocycles. The van der Waals surface area contributed by atoms with Crippen LogP contribution in [0.4, 0.5) is 5.69 Å². The predicted molar refractivity (Wildman–Crippen MR) is 99.0 cm³/mol. The van der Waals surface area contributed by atoms with Crippen molar-refractivity contribution >= 4 is 51.5 Å². The number of halogens is 1. The van der Waals surface area contributed by atoms with Gasteiger partial charge in [-0.3, -0.25) is 4.79 Å². The number of carbonyl (C=O) groups is 1. The van der Waals surface area contributed by atoms with Gasteiger partial charge in [-0.15, -0.1) is 0 Å². The van der Waals surface area contributed by atoms with E-state index in [2.05, 4.69) is 5.32 Å². The van der Waals surface area contributed by atoms with Crippen LogP contribution in [0.2, 0.25) is 5.02 Å². The minimum atomic E-state index is -0.164. The van der Waals surface area contributed by atoms with E-state index in [4.69, 9.17) is 33.3 Å². The second kappa shape index (κ2) is 8.61. The Bertz CT molecular complexity index is 594. The first-order valence-electron chi connectivity index (χ1n) is 7.35. The second-order valence-corrected chi connectivity index (χ2v) is 6.77. The van der Waals surface area contributed by atoms with E-state index in [1.807, 2.05) is 18.7 Å². The third-order valence-corrected chi connectivity index (χ3v) is 5.09. The molecule has 0 bridgehead atoms. The van der Waals surface area contributed by atoms with Gasteiger partial charge >= 0.3 is 0 Å². The summed E-state index contributed by atoms with van der Waals surface area (Å²) in [6, 6.07) is 3.33.